The summed E-state index contributed by atoms with van der Waals surface area (Å²) in [6.07, 6.45) is 0. The molecule has 0 fully saturated rings. The molecular weight excluding hydrogens is 246 g/mol. The smallest absolute Gasteiger partial charge is 0.244 e. The van der Waals surface area contributed by atoms with Gasteiger partial charge in [-0.25, -0.2) is 9.97 Å². The number of nitrogens with one attached hydrogen (secondary N) is 2. The van der Waals surface area contributed by atoms with Crippen molar-refractivity contribution < 1.29 is 9.53 Å². The summed E-state index contributed by atoms with van der Waals surface area (Å²) < 4.78 is 5.02. The quantitative estimate of drug-likeness (QED) is 0.783. The van der Waals surface area contributed by atoms with Crippen molar-refractivity contribution in [3.63, 3.8) is 0 Å². The zero-order valence-corrected chi connectivity index (χ0v) is 12.0. The molecule has 0 aromatic carbocycles. The lowest BCUT2D eigenvalue weighted by atomic mass is 10.3. The van der Waals surface area contributed by atoms with Crippen molar-refractivity contribution in [3.8, 4) is 0 Å². The minimum absolute atomic E-state index is 0.0158. The van der Waals surface area contributed by atoms with Crippen molar-refractivity contribution in [1.82, 2.24) is 14.9 Å². The largest absolute Gasteiger partial charge is 0.377 e. The molecule has 0 saturated heterocycles. The molecule has 7 heteroatoms. The molecule has 0 radical (unpaired) electrons. The number of nitrogens with zero attached hydrogens (tertiary/aromatic N) is 3. The summed E-state index contributed by atoms with van der Waals surface area (Å²) in [5.74, 6) is 1.81. The second-order valence-electron chi connectivity index (χ2n) is 4.34. The van der Waals surface area contributed by atoms with Crippen LogP contribution in [0.1, 0.15) is 12.7 Å². The van der Waals surface area contributed by atoms with E-state index in [1.54, 1.807) is 41.2 Å². The summed E-state index contributed by atoms with van der Waals surface area (Å²) in [6.45, 7) is 2.11. The highest BCUT2D eigenvalue weighted by molar-refractivity contribution is 5.83. The number of amides is 1. The van der Waals surface area contributed by atoms with Gasteiger partial charge in [-0.15, -0.1) is 0 Å². The molecule has 0 aliphatic rings. The Morgan fingerprint density at radius 3 is 2.58 bits per heavy atom. The third kappa shape index (κ3) is 4.36. The molecule has 1 atom stereocenters. The van der Waals surface area contributed by atoms with Gasteiger partial charge in [0.2, 0.25) is 5.91 Å². The Balaban J connectivity index is 2.87. The number of rotatable bonds is 6. The summed E-state index contributed by atoms with van der Waals surface area (Å²) in [6, 6.07) is 1.39. The van der Waals surface area contributed by atoms with Crippen LogP contribution in [0.25, 0.3) is 0 Å². The normalized spacial score (nSPS) is 11.8. The second-order valence-corrected chi connectivity index (χ2v) is 4.34. The molecule has 0 spiro atoms. The van der Waals surface area contributed by atoms with Gasteiger partial charge in [0.1, 0.15) is 24.3 Å². The third-order valence-corrected chi connectivity index (χ3v) is 2.48. The highest BCUT2D eigenvalue weighted by Gasteiger charge is 2.15. The summed E-state index contributed by atoms with van der Waals surface area (Å²) in [5.41, 5.74) is 0. The average Bonchev–Trinajstić information content (AvgIpc) is 2.37. The Labute approximate surface area is 113 Å². The summed E-state index contributed by atoms with van der Waals surface area (Å²) >= 11 is 0. The molecule has 1 rings (SSSR count). The van der Waals surface area contributed by atoms with Crippen LogP contribution in [0.15, 0.2) is 6.07 Å². The van der Waals surface area contributed by atoms with Crippen LogP contribution in [0.3, 0.4) is 0 Å². The number of carbonyl (C=O) groups is 1. The fourth-order valence-electron chi connectivity index (χ4n) is 1.56. The Morgan fingerprint density at radius 2 is 2.05 bits per heavy atom. The van der Waals surface area contributed by atoms with Gasteiger partial charge in [-0.2, -0.15) is 0 Å². The maximum atomic E-state index is 11.8. The molecule has 106 valence electrons. The lowest BCUT2D eigenvalue weighted by Crippen LogP contribution is -2.36. The van der Waals surface area contributed by atoms with Crippen LogP contribution in [0.5, 0.6) is 0 Å². The van der Waals surface area contributed by atoms with Crippen LogP contribution in [-0.4, -0.2) is 55.1 Å². The number of anilines is 2. The number of aromatic nitrogens is 2. The first kappa shape index (κ1) is 15.2. The lowest BCUT2D eigenvalue weighted by Gasteiger charge is -2.19. The Morgan fingerprint density at radius 1 is 1.42 bits per heavy atom. The molecule has 1 aromatic heterocycles. The zero-order chi connectivity index (χ0) is 14.4. The minimum atomic E-state index is -0.356. The molecule has 0 aliphatic carbocycles. The first-order valence-corrected chi connectivity index (χ1v) is 6.00. The summed E-state index contributed by atoms with van der Waals surface area (Å²) in [4.78, 5) is 21.9. The molecule has 2 N–H and O–H groups in total. The molecule has 1 aromatic rings. The van der Waals surface area contributed by atoms with E-state index < -0.39 is 0 Å². The van der Waals surface area contributed by atoms with Gasteiger partial charge >= 0.3 is 0 Å². The standard InChI is InChI=1S/C12H21N5O2/c1-8(12(18)17(3)4)14-10-6-9(13-2)15-11(16-10)7-19-5/h6,8H,7H2,1-5H3,(H2,13,14,15,16). The van der Waals surface area contributed by atoms with E-state index >= 15 is 0 Å². The Bertz CT molecular complexity index is 436. The Hall–Kier alpha value is -1.89. The topological polar surface area (TPSA) is 79.4 Å². The third-order valence-electron chi connectivity index (χ3n) is 2.48. The lowest BCUT2D eigenvalue weighted by molar-refractivity contribution is -0.129. The summed E-state index contributed by atoms with van der Waals surface area (Å²) in [7, 11) is 6.80. The van der Waals surface area contributed by atoms with Crippen LogP contribution in [0.2, 0.25) is 0 Å². The molecule has 0 bridgehead atoms. The minimum Gasteiger partial charge on any atom is -0.377 e. The first-order valence-electron chi connectivity index (χ1n) is 6.00. The van der Waals surface area contributed by atoms with Crippen molar-refractivity contribution in [2.75, 3.05) is 38.9 Å². The van der Waals surface area contributed by atoms with E-state index in [1.165, 1.54) is 4.90 Å². The summed E-state index contributed by atoms with van der Waals surface area (Å²) in [5, 5.41) is 6.01. The van der Waals surface area contributed by atoms with E-state index in [-0.39, 0.29) is 11.9 Å². The maximum Gasteiger partial charge on any atom is 0.244 e. The molecule has 19 heavy (non-hydrogen) atoms. The van der Waals surface area contributed by atoms with Gasteiger partial charge in [-0.1, -0.05) is 0 Å². The molecule has 1 amide bonds. The SMILES string of the molecule is CNc1cc(NC(C)C(=O)N(C)C)nc(COC)n1. The number of hydrogen-bond donors (Lipinski definition) is 2. The number of methoxy groups -OCH3 is 1. The number of hydrogen-bond acceptors (Lipinski definition) is 6. The number of ether oxygens (including phenoxy) is 1. The van der Waals surface area contributed by atoms with E-state index in [0.29, 0.717) is 24.1 Å². The van der Waals surface area contributed by atoms with Gasteiger partial charge in [-0.05, 0) is 6.92 Å². The van der Waals surface area contributed by atoms with E-state index in [9.17, 15) is 4.79 Å². The molecule has 0 aliphatic heterocycles. The maximum absolute atomic E-state index is 11.8. The van der Waals surface area contributed by atoms with Gasteiger partial charge in [0.15, 0.2) is 5.82 Å². The highest BCUT2D eigenvalue weighted by atomic mass is 16.5. The molecule has 1 heterocycles. The molecule has 0 saturated carbocycles. The van der Waals surface area contributed by atoms with Gasteiger partial charge in [0.05, 0.1) is 0 Å². The van der Waals surface area contributed by atoms with Gasteiger partial charge in [0, 0.05) is 34.3 Å². The van der Waals surface area contributed by atoms with Crippen molar-refractivity contribution >= 4 is 17.5 Å². The van der Waals surface area contributed by atoms with Crippen LogP contribution >= 0.6 is 0 Å². The monoisotopic (exact) mass is 267 g/mol. The second kappa shape index (κ2) is 6.89. The van der Waals surface area contributed by atoms with E-state index in [1.807, 2.05) is 0 Å². The number of likely N-dealkylation sites (N-methyl/N-ethyl adjacent to an activating group) is 1. The predicted octanol–water partition coefficient (Wildman–Crippen LogP) is 0.553. The van der Waals surface area contributed by atoms with Crippen LogP contribution < -0.4 is 10.6 Å². The van der Waals surface area contributed by atoms with Gasteiger partial charge in [-0.3, -0.25) is 4.79 Å². The van der Waals surface area contributed by atoms with E-state index in [0.717, 1.165) is 0 Å². The number of carbonyl (C=O) groups excluding carboxylic acids is 1. The van der Waals surface area contributed by atoms with Crippen LogP contribution in [-0.2, 0) is 16.1 Å². The van der Waals surface area contributed by atoms with Crippen molar-refractivity contribution in [2.24, 2.45) is 0 Å². The Kier molecular flexibility index (Phi) is 5.50. The van der Waals surface area contributed by atoms with Gasteiger partial charge in [0.25, 0.3) is 0 Å². The van der Waals surface area contributed by atoms with E-state index in [2.05, 4.69) is 20.6 Å². The van der Waals surface area contributed by atoms with Crippen molar-refractivity contribution in [2.45, 2.75) is 19.6 Å². The molecular formula is C12H21N5O2. The van der Waals surface area contributed by atoms with E-state index in [4.69, 9.17) is 4.74 Å². The molecule has 7 nitrogen and oxygen atoms in total. The predicted molar refractivity (Wildman–Crippen MR) is 74.1 cm³/mol. The van der Waals surface area contributed by atoms with Crippen LogP contribution in [0, 0.1) is 0 Å². The first-order chi connectivity index (χ1) is 8.97. The fourth-order valence-corrected chi connectivity index (χ4v) is 1.56. The van der Waals surface area contributed by atoms with Crippen LogP contribution in [0.4, 0.5) is 11.6 Å². The van der Waals surface area contributed by atoms with Crippen molar-refractivity contribution in [1.29, 1.82) is 0 Å². The zero-order valence-electron chi connectivity index (χ0n) is 12.0. The highest BCUT2D eigenvalue weighted by Crippen LogP contribution is 2.12. The van der Waals surface area contributed by atoms with Crippen molar-refractivity contribution in [3.05, 3.63) is 11.9 Å². The van der Waals surface area contributed by atoms with Gasteiger partial charge < -0.3 is 20.3 Å². The fraction of sp³-hybridized carbons (Fsp3) is 0.583. The molecule has 1 unspecified atom stereocenters. The average molecular weight is 267 g/mol.